The normalized spacial score (nSPS) is 10.9. The third-order valence-electron chi connectivity index (χ3n) is 1.81. The zero-order chi connectivity index (χ0) is 8.72. The smallest absolute Gasteiger partial charge is 0.0490 e. The second kappa shape index (κ2) is 3.20. The van der Waals surface area contributed by atoms with Crippen molar-refractivity contribution in [3.8, 4) is 0 Å². The number of halogens is 1. The Kier molecular flexibility index (Phi) is 2.35. The first-order valence-electron chi connectivity index (χ1n) is 3.56. The van der Waals surface area contributed by atoms with Crippen LogP contribution >= 0.6 is 46.6 Å². The highest BCUT2D eigenvalue weighted by Crippen LogP contribution is 2.35. The van der Waals surface area contributed by atoms with Gasteiger partial charge in [-0.3, -0.25) is 0 Å². The molecule has 0 saturated heterocycles. The Labute approximate surface area is 94.5 Å². The lowest BCUT2D eigenvalue weighted by Gasteiger charge is -1.92. The van der Waals surface area contributed by atoms with E-state index in [0.717, 1.165) is 4.90 Å². The van der Waals surface area contributed by atoms with E-state index in [1.54, 1.807) is 0 Å². The van der Waals surface area contributed by atoms with Crippen molar-refractivity contribution in [2.75, 3.05) is 0 Å². The van der Waals surface area contributed by atoms with Crippen LogP contribution in [-0.4, -0.2) is 0 Å². The maximum absolute atomic E-state index is 4.47. The van der Waals surface area contributed by atoms with Crippen LogP contribution < -0.4 is 0 Å². The second-order valence-corrected chi connectivity index (χ2v) is 5.46. The molecule has 0 amide bonds. The summed E-state index contributed by atoms with van der Waals surface area (Å²) < 4.78 is 2.68. The fourth-order valence-electron chi connectivity index (χ4n) is 1.19. The molecule has 1 heterocycles. The predicted molar refractivity (Wildman–Crippen MR) is 66.5 cm³/mol. The zero-order valence-electron chi connectivity index (χ0n) is 6.47. The molecule has 2 aromatic rings. The summed E-state index contributed by atoms with van der Waals surface area (Å²) in [6.07, 6.45) is 0. The van der Waals surface area contributed by atoms with Gasteiger partial charge in [-0.25, -0.2) is 0 Å². The summed E-state index contributed by atoms with van der Waals surface area (Å²) >= 11 is 8.66. The Balaban J connectivity index is 2.95. The van der Waals surface area contributed by atoms with Gasteiger partial charge in [0.05, 0.1) is 0 Å². The van der Waals surface area contributed by atoms with Gasteiger partial charge in [0.2, 0.25) is 0 Å². The maximum Gasteiger partial charge on any atom is 0.0490 e. The molecule has 0 fully saturated rings. The zero-order valence-corrected chi connectivity index (χ0v) is 10.3. The Morgan fingerprint density at radius 2 is 2.17 bits per heavy atom. The molecule has 0 spiro atoms. The van der Waals surface area contributed by atoms with Crippen LogP contribution in [0.2, 0.25) is 0 Å². The highest BCUT2D eigenvalue weighted by molar-refractivity contribution is 14.1. The van der Waals surface area contributed by atoms with E-state index in [1.807, 2.05) is 11.3 Å². The lowest BCUT2D eigenvalue weighted by Crippen LogP contribution is -1.69. The van der Waals surface area contributed by atoms with E-state index in [9.17, 15) is 0 Å². The first-order valence-corrected chi connectivity index (χ1v) is 5.91. The monoisotopic (exact) mass is 306 g/mol. The lowest BCUT2D eigenvalue weighted by molar-refractivity contribution is 1.47. The molecule has 0 nitrogen and oxygen atoms in total. The summed E-state index contributed by atoms with van der Waals surface area (Å²) in [4.78, 5) is 2.44. The van der Waals surface area contributed by atoms with Crippen LogP contribution in [0.3, 0.4) is 0 Å². The second-order valence-electron chi connectivity index (χ2n) is 2.62. The van der Waals surface area contributed by atoms with Crippen molar-refractivity contribution in [2.45, 2.75) is 11.8 Å². The van der Waals surface area contributed by atoms with Gasteiger partial charge in [-0.1, -0.05) is 12.1 Å². The van der Waals surface area contributed by atoms with Crippen LogP contribution in [0.1, 0.15) is 4.88 Å². The molecule has 2 rings (SSSR count). The number of hydrogen-bond acceptors (Lipinski definition) is 2. The maximum atomic E-state index is 4.47. The van der Waals surface area contributed by atoms with Crippen molar-refractivity contribution in [1.29, 1.82) is 0 Å². The molecule has 1 aromatic heterocycles. The molecule has 0 unspecified atom stereocenters. The molecule has 0 bridgehead atoms. The van der Waals surface area contributed by atoms with E-state index in [4.69, 9.17) is 0 Å². The summed E-state index contributed by atoms with van der Waals surface area (Å²) in [6, 6.07) is 6.34. The van der Waals surface area contributed by atoms with E-state index >= 15 is 0 Å². The highest BCUT2D eigenvalue weighted by atomic mass is 127. The van der Waals surface area contributed by atoms with Crippen molar-refractivity contribution < 1.29 is 0 Å². The standard InChI is InChI=1S/C9H7IS2/c1-5-8(11)6-3-2-4-7(10)9(6)12-5/h2-4,11H,1H3. The topological polar surface area (TPSA) is 0 Å². The molecule has 0 radical (unpaired) electrons. The van der Waals surface area contributed by atoms with Crippen molar-refractivity contribution in [1.82, 2.24) is 0 Å². The Bertz CT molecular complexity index is 431. The average molecular weight is 306 g/mol. The lowest BCUT2D eigenvalue weighted by atomic mass is 10.2. The number of rotatable bonds is 0. The number of fused-ring (bicyclic) bond motifs is 1. The molecule has 0 aliphatic carbocycles. The van der Waals surface area contributed by atoms with Crippen molar-refractivity contribution >= 4 is 56.6 Å². The number of hydrogen-bond donors (Lipinski definition) is 1. The Morgan fingerprint density at radius 1 is 1.42 bits per heavy atom. The average Bonchev–Trinajstić information content (AvgIpc) is 2.32. The van der Waals surface area contributed by atoms with Crippen LogP contribution in [0.5, 0.6) is 0 Å². The molecule has 0 aliphatic heterocycles. The van der Waals surface area contributed by atoms with E-state index in [1.165, 1.54) is 18.5 Å². The van der Waals surface area contributed by atoms with Gasteiger partial charge in [-0.05, 0) is 35.6 Å². The SMILES string of the molecule is Cc1sc2c(I)cccc2c1S. The van der Waals surface area contributed by atoms with Crippen LogP contribution in [0, 0.1) is 10.5 Å². The summed E-state index contributed by atoms with van der Waals surface area (Å²) in [6.45, 7) is 2.11. The van der Waals surface area contributed by atoms with Crippen LogP contribution in [0.25, 0.3) is 10.1 Å². The molecule has 0 aliphatic rings. The van der Waals surface area contributed by atoms with Gasteiger partial charge < -0.3 is 0 Å². The Morgan fingerprint density at radius 3 is 2.83 bits per heavy atom. The van der Waals surface area contributed by atoms with E-state index < -0.39 is 0 Å². The van der Waals surface area contributed by atoms with Crippen molar-refractivity contribution in [2.24, 2.45) is 0 Å². The molecule has 0 saturated carbocycles. The van der Waals surface area contributed by atoms with Crippen molar-refractivity contribution in [3.05, 3.63) is 26.6 Å². The summed E-state index contributed by atoms with van der Waals surface area (Å²) in [5.41, 5.74) is 0. The van der Waals surface area contributed by atoms with Gasteiger partial charge in [-0.2, -0.15) is 0 Å². The van der Waals surface area contributed by atoms with E-state index in [0.29, 0.717) is 0 Å². The molecular formula is C9H7IS2. The van der Waals surface area contributed by atoms with Gasteiger partial charge in [-0.15, -0.1) is 24.0 Å². The number of thiol groups is 1. The van der Waals surface area contributed by atoms with Gasteiger partial charge in [0, 0.05) is 23.4 Å². The predicted octanol–water partition coefficient (Wildman–Crippen LogP) is 4.10. The Hall–Kier alpha value is 0.260. The third-order valence-corrected chi connectivity index (χ3v) is 4.96. The molecule has 0 N–H and O–H groups in total. The van der Waals surface area contributed by atoms with Gasteiger partial charge in [0.15, 0.2) is 0 Å². The minimum Gasteiger partial charge on any atom is -0.142 e. The minimum absolute atomic E-state index is 1.13. The van der Waals surface area contributed by atoms with Crippen LogP contribution in [0.4, 0.5) is 0 Å². The van der Waals surface area contributed by atoms with Crippen LogP contribution in [0.15, 0.2) is 23.1 Å². The van der Waals surface area contributed by atoms with E-state index in [2.05, 4.69) is 60.3 Å². The highest BCUT2D eigenvalue weighted by Gasteiger charge is 2.06. The third kappa shape index (κ3) is 1.28. The summed E-state index contributed by atoms with van der Waals surface area (Å²) in [5.74, 6) is 0. The van der Waals surface area contributed by atoms with Crippen molar-refractivity contribution in [3.63, 3.8) is 0 Å². The molecule has 62 valence electrons. The molecular weight excluding hydrogens is 299 g/mol. The van der Waals surface area contributed by atoms with E-state index in [-0.39, 0.29) is 0 Å². The first kappa shape index (κ1) is 8.84. The quantitative estimate of drug-likeness (QED) is 0.550. The number of benzene rings is 1. The summed E-state index contributed by atoms with van der Waals surface area (Å²) in [5, 5.41) is 1.28. The first-order chi connectivity index (χ1) is 5.70. The number of thiophene rings is 1. The minimum atomic E-state index is 1.13. The molecule has 0 atom stereocenters. The fourth-order valence-corrected chi connectivity index (χ4v) is 3.38. The van der Waals surface area contributed by atoms with Crippen LogP contribution in [-0.2, 0) is 0 Å². The summed E-state index contributed by atoms with van der Waals surface area (Å²) in [7, 11) is 0. The largest absolute Gasteiger partial charge is 0.142 e. The van der Waals surface area contributed by atoms with Gasteiger partial charge in [0.25, 0.3) is 0 Å². The molecule has 12 heavy (non-hydrogen) atoms. The number of aryl methyl sites for hydroxylation is 1. The van der Waals surface area contributed by atoms with Gasteiger partial charge in [0.1, 0.15) is 0 Å². The fraction of sp³-hybridized carbons (Fsp3) is 0.111. The van der Waals surface area contributed by atoms with Gasteiger partial charge >= 0.3 is 0 Å². The molecule has 1 aromatic carbocycles. The molecule has 3 heteroatoms.